The highest BCUT2D eigenvalue weighted by Gasteiger charge is 2.15. The number of anilines is 2. The van der Waals surface area contributed by atoms with Crippen LogP contribution in [0.4, 0.5) is 11.4 Å². The summed E-state index contributed by atoms with van der Waals surface area (Å²) < 4.78 is 1.47. The summed E-state index contributed by atoms with van der Waals surface area (Å²) in [6.45, 7) is 0. The van der Waals surface area contributed by atoms with Gasteiger partial charge in [0.25, 0.3) is 11.8 Å². The van der Waals surface area contributed by atoms with Crippen molar-refractivity contribution < 1.29 is 9.59 Å². The predicted molar refractivity (Wildman–Crippen MR) is 80.0 cm³/mol. The van der Waals surface area contributed by atoms with Crippen LogP contribution in [0.15, 0.2) is 30.5 Å². The van der Waals surface area contributed by atoms with Crippen molar-refractivity contribution in [2.24, 2.45) is 7.05 Å². The van der Waals surface area contributed by atoms with E-state index in [1.807, 2.05) is 0 Å². The molecule has 21 heavy (non-hydrogen) atoms. The maximum atomic E-state index is 12.1. The lowest BCUT2D eigenvalue weighted by Crippen LogP contribution is -2.22. The van der Waals surface area contributed by atoms with Crippen molar-refractivity contribution in [1.82, 2.24) is 14.7 Å². The molecule has 2 aromatic rings. The highest BCUT2D eigenvalue weighted by atomic mass is 16.2. The van der Waals surface area contributed by atoms with Crippen LogP contribution in [0, 0.1) is 0 Å². The monoisotopic (exact) mass is 287 g/mol. The van der Waals surface area contributed by atoms with E-state index in [4.69, 9.17) is 5.73 Å². The Labute approximate surface area is 122 Å². The van der Waals surface area contributed by atoms with E-state index < -0.39 is 5.91 Å². The van der Waals surface area contributed by atoms with Crippen LogP contribution in [-0.2, 0) is 7.05 Å². The summed E-state index contributed by atoms with van der Waals surface area (Å²) in [5.41, 5.74) is 7.17. The Balaban J connectivity index is 2.20. The molecule has 0 aliphatic rings. The van der Waals surface area contributed by atoms with Crippen LogP contribution in [-0.4, -0.2) is 40.6 Å². The van der Waals surface area contributed by atoms with E-state index >= 15 is 0 Å². The van der Waals surface area contributed by atoms with Crippen LogP contribution in [0.3, 0.4) is 0 Å². The van der Waals surface area contributed by atoms with Gasteiger partial charge < -0.3 is 16.0 Å². The number of carbonyl (C=O) groups is 2. The molecule has 0 unspecified atom stereocenters. The zero-order chi connectivity index (χ0) is 15.6. The first kappa shape index (κ1) is 14.6. The second-order valence-corrected chi connectivity index (χ2v) is 4.84. The van der Waals surface area contributed by atoms with Gasteiger partial charge in [0, 0.05) is 38.6 Å². The molecule has 0 aliphatic heterocycles. The Hall–Kier alpha value is -2.83. The molecule has 0 saturated heterocycles. The smallest absolute Gasteiger partial charge is 0.278 e. The number of amides is 2. The van der Waals surface area contributed by atoms with E-state index in [1.54, 1.807) is 51.6 Å². The lowest BCUT2D eigenvalue weighted by atomic mass is 10.2. The quantitative estimate of drug-likeness (QED) is 0.879. The van der Waals surface area contributed by atoms with Crippen molar-refractivity contribution in [2.45, 2.75) is 0 Å². The molecule has 1 heterocycles. The number of nitrogens with one attached hydrogen (secondary N) is 1. The average Bonchev–Trinajstić information content (AvgIpc) is 2.77. The third kappa shape index (κ3) is 3.19. The van der Waals surface area contributed by atoms with Gasteiger partial charge in [0.1, 0.15) is 0 Å². The predicted octanol–water partition coefficient (Wildman–Crippen LogP) is 0.956. The summed E-state index contributed by atoms with van der Waals surface area (Å²) in [4.78, 5) is 25.5. The molecule has 2 rings (SSSR count). The number of nitrogens with zero attached hydrogens (tertiary/aromatic N) is 3. The normalized spacial score (nSPS) is 10.2. The summed E-state index contributed by atoms with van der Waals surface area (Å²) in [6, 6.07) is 6.70. The van der Waals surface area contributed by atoms with Gasteiger partial charge in [-0.3, -0.25) is 14.3 Å². The van der Waals surface area contributed by atoms with Gasteiger partial charge in [-0.25, -0.2) is 0 Å². The Kier molecular flexibility index (Phi) is 3.93. The fourth-order valence-electron chi connectivity index (χ4n) is 1.86. The van der Waals surface area contributed by atoms with Crippen LogP contribution in [0.25, 0.3) is 0 Å². The fraction of sp³-hybridized carbons (Fsp3) is 0.214. The highest BCUT2D eigenvalue weighted by molar-refractivity contribution is 6.06. The molecule has 0 aliphatic carbocycles. The number of rotatable bonds is 3. The van der Waals surface area contributed by atoms with Crippen molar-refractivity contribution in [3.8, 4) is 0 Å². The second kappa shape index (κ2) is 5.66. The molecule has 2 amide bonds. The molecule has 7 nitrogen and oxygen atoms in total. The third-order valence-electron chi connectivity index (χ3n) is 2.85. The molecule has 110 valence electrons. The van der Waals surface area contributed by atoms with Gasteiger partial charge in [-0.05, 0) is 18.2 Å². The molecule has 1 aromatic carbocycles. The SMILES string of the molecule is CN(C)C(=O)c1cccc(NC(=O)c2nn(C)cc2N)c1. The molecule has 3 N–H and O–H groups in total. The van der Waals surface area contributed by atoms with E-state index in [0.29, 0.717) is 16.9 Å². The van der Waals surface area contributed by atoms with Crippen LogP contribution < -0.4 is 11.1 Å². The molecular formula is C14H17N5O2. The van der Waals surface area contributed by atoms with Gasteiger partial charge in [-0.2, -0.15) is 5.10 Å². The molecular weight excluding hydrogens is 270 g/mol. The van der Waals surface area contributed by atoms with E-state index in [2.05, 4.69) is 10.4 Å². The molecule has 0 saturated carbocycles. The van der Waals surface area contributed by atoms with Gasteiger partial charge in [0.2, 0.25) is 0 Å². The summed E-state index contributed by atoms with van der Waals surface area (Å²) in [6.07, 6.45) is 1.56. The molecule has 0 radical (unpaired) electrons. The minimum atomic E-state index is -0.414. The van der Waals surface area contributed by atoms with Crippen molar-refractivity contribution >= 4 is 23.2 Å². The molecule has 0 atom stereocenters. The number of benzene rings is 1. The van der Waals surface area contributed by atoms with Crippen LogP contribution in [0.1, 0.15) is 20.8 Å². The minimum Gasteiger partial charge on any atom is -0.396 e. The first-order valence-electron chi connectivity index (χ1n) is 6.30. The average molecular weight is 287 g/mol. The van der Waals surface area contributed by atoms with Crippen molar-refractivity contribution in [2.75, 3.05) is 25.1 Å². The number of hydrogen-bond donors (Lipinski definition) is 2. The van der Waals surface area contributed by atoms with Gasteiger partial charge in [-0.1, -0.05) is 6.07 Å². The van der Waals surface area contributed by atoms with Gasteiger partial charge in [0.15, 0.2) is 5.69 Å². The maximum absolute atomic E-state index is 12.1. The van der Waals surface area contributed by atoms with Crippen molar-refractivity contribution in [3.63, 3.8) is 0 Å². The van der Waals surface area contributed by atoms with Gasteiger partial charge in [-0.15, -0.1) is 0 Å². The third-order valence-corrected chi connectivity index (χ3v) is 2.85. The van der Waals surface area contributed by atoms with E-state index in [-0.39, 0.29) is 11.6 Å². The van der Waals surface area contributed by atoms with Gasteiger partial charge >= 0.3 is 0 Å². The van der Waals surface area contributed by atoms with E-state index in [1.165, 1.54) is 9.58 Å². The fourth-order valence-corrected chi connectivity index (χ4v) is 1.86. The first-order valence-corrected chi connectivity index (χ1v) is 6.30. The summed E-state index contributed by atoms with van der Waals surface area (Å²) in [5.74, 6) is -0.550. The Morgan fingerprint density at radius 1 is 1.33 bits per heavy atom. The zero-order valence-corrected chi connectivity index (χ0v) is 12.1. The largest absolute Gasteiger partial charge is 0.396 e. The second-order valence-electron chi connectivity index (χ2n) is 4.84. The molecule has 0 fully saturated rings. The lowest BCUT2D eigenvalue weighted by Gasteiger charge is -2.11. The van der Waals surface area contributed by atoms with E-state index in [9.17, 15) is 9.59 Å². The Bertz CT molecular complexity index is 690. The van der Waals surface area contributed by atoms with Crippen molar-refractivity contribution in [1.29, 1.82) is 0 Å². The molecule has 0 spiro atoms. The Morgan fingerprint density at radius 3 is 2.62 bits per heavy atom. The number of aryl methyl sites for hydroxylation is 1. The summed E-state index contributed by atoms with van der Waals surface area (Å²) in [5, 5.41) is 6.68. The number of nitrogens with two attached hydrogens (primary N) is 1. The number of carbonyl (C=O) groups excluding carboxylic acids is 2. The topological polar surface area (TPSA) is 93.2 Å². The zero-order valence-electron chi connectivity index (χ0n) is 12.1. The van der Waals surface area contributed by atoms with Crippen LogP contribution >= 0.6 is 0 Å². The van der Waals surface area contributed by atoms with Crippen molar-refractivity contribution in [3.05, 3.63) is 41.7 Å². The number of nitrogen functional groups attached to an aromatic ring is 1. The van der Waals surface area contributed by atoms with Crippen LogP contribution in [0.5, 0.6) is 0 Å². The standard InChI is InChI=1S/C14H17N5O2/c1-18(2)14(21)9-5-4-6-10(7-9)16-13(20)12-11(15)8-19(3)17-12/h4-8H,15H2,1-3H3,(H,16,20). The lowest BCUT2D eigenvalue weighted by molar-refractivity contribution is 0.0827. The molecule has 0 bridgehead atoms. The Morgan fingerprint density at radius 2 is 2.05 bits per heavy atom. The summed E-state index contributed by atoms with van der Waals surface area (Å²) >= 11 is 0. The minimum absolute atomic E-state index is 0.136. The number of hydrogen-bond acceptors (Lipinski definition) is 4. The van der Waals surface area contributed by atoms with Gasteiger partial charge in [0.05, 0.1) is 5.69 Å². The first-order chi connectivity index (χ1) is 9.88. The molecule has 1 aromatic heterocycles. The molecule has 7 heteroatoms. The van der Waals surface area contributed by atoms with E-state index in [0.717, 1.165) is 0 Å². The summed E-state index contributed by atoms with van der Waals surface area (Å²) in [7, 11) is 5.02. The highest BCUT2D eigenvalue weighted by Crippen LogP contribution is 2.15. The number of aromatic nitrogens is 2. The maximum Gasteiger partial charge on any atom is 0.278 e. The van der Waals surface area contributed by atoms with Crippen LogP contribution in [0.2, 0.25) is 0 Å².